The Bertz CT molecular complexity index is 782. The third-order valence-electron chi connectivity index (χ3n) is 5.46. The predicted molar refractivity (Wildman–Crippen MR) is 103 cm³/mol. The molecule has 27 heavy (non-hydrogen) atoms. The van der Waals surface area contributed by atoms with Crippen LogP contribution < -0.4 is 0 Å². The van der Waals surface area contributed by atoms with Gasteiger partial charge in [0.25, 0.3) is 11.8 Å². The van der Waals surface area contributed by atoms with Gasteiger partial charge in [-0.25, -0.2) is 0 Å². The Labute approximate surface area is 162 Å². The minimum Gasteiger partial charge on any atom is -0.337 e. The molecule has 0 bridgehead atoms. The topological polar surface area (TPSA) is 71.3 Å². The number of hydrogen-bond donors (Lipinski definition) is 0. The zero-order chi connectivity index (χ0) is 18.6. The van der Waals surface area contributed by atoms with Crippen LogP contribution in [-0.4, -0.2) is 62.3 Å². The summed E-state index contributed by atoms with van der Waals surface area (Å²) in [5.74, 6) is 0.115. The van der Waals surface area contributed by atoms with Gasteiger partial charge in [0, 0.05) is 32.2 Å². The molecule has 4 heterocycles. The van der Waals surface area contributed by atoms with Crippen LogP contribution in [0.1, 0.15) is 58.7 Å². The molecule has 2 saturated heterocycles. The van der Waals surface area contributed by atoms with Crippen LogP contribution in [0.15, 0.2) is 23.7 Å². The van der Waals surface area contributed by atoms with Gasteiger partial charge in [-0.3, -0.25) is 14.3 Å². The van der Waals surface area contributed by atoms with Crippen molar-refractivity contribution in [2.45, 2.75) is 51.1 Å². The monoisotopic (exact) mass is 387 g/mol. The van der Waals surface area contributed by atoms with Crippen molar-refractivity contribution < 1.29 is 9.59 Å². The van der Waals surface area contributed by atoms with Crippen molar-refractivity contribution in [1.82, 2.24) is 24.8 Å². The van der Waals surface area contributed by atoms with Gasteiger partial charge in [-0.05, 0) is 50.0 Å². The van der Waals surface area contributed by atoms with E-state index in [-0.39, 0.29) is 17.9 Å². The van der Waals surface area contributed by atoms with Crippen LogP contribution >= 0.6 is 11.3 Å². The molecule has 144 valence electrons. The number of thiophene rings is 1. The molecule has 2 aromatic rings. The number of hydrogen-bond acceptors (Lipinski definition) is 5. The molecule has 0 aliphatic carbocycles. The van der Waals surface area contributed by atoms with Crippen LogP contribution in [0.2, 0.25) is 0 Å². The zero-order valence-corrected chi connectivity index (χ0v) is 16.2. The fourth-order valence-electron chi connectivity index (χ4n) is 3.98. The van der Waals surface area contributed by atoms with Gasteiger partial charge in [-0.1, -0.05) is 11.3 Å². The standard InChI is InChI=1S/C19H25N5O2S/c25-18(22-9-3-4-10-22)16-14-23(21-20-16)12-8-15-6-1-2-11-24(15)19(26)17-7-5-13-27-17/h5,7,13-15H,1-4,6,8-12H2. The summed E-state index contributed by atoms with van der Waals surface area (Å²) in [6.07, 6.45) is 7.93. The molecule has 7 nitrogen and oxygen atoms in total. The minimum atomic E-state index is -0.0223. The van der Waals surface area contributed by atoms with Crippen LogP contribution in [0.25, 0.3) is 0 Å². The molecule has 2 aromatic heterocycles. The number of amides is 2. The third kappa shape index (κ3) is 4.05. The van der Waals surface area contributed by atoms with Crippen LogP contribution in [0.5, 0.6) is 0 Å². The highest BCUT2D eigenvalue weighted by Gasteiger charge is 2.28. The van der Waals surface area contributed by atoms with Crippen molar-refractivity contribution in [3.8, 4) is 0 Å². The van der Waals surface area contributed by atoms with E-state index in [4.69, 9.17) is 0 Å². The normalized spacial score (nSPS) is 20.2. The van der Waals surface area contributed by atoms with Crippen molar-refractivity contribution in [2.24, 2.45) is 0 Å². The molecule has 0 aromatic carbocycles. The second-order valence-corrected chi connectivity index (χ2v) is 8.23. The number of nitrogens with zero attached hydrogens (tertiary/aromatic N) is 5. The molecule has 2 amide bonds. The van der Waals surface area contributed by atoms with Crippen LogP contribution in [0, 0.1) is 0 Å². The van der Waals surface area contributed by atoms with Crippen LogP contribution in [0.4, 0.5) is 0 Å². The van der Waals surface area contributed by atoms with Crippen molar-refractivity contribution >= 4 is 23.2 Å². The number of carbonyl (C=O) groups is 2. The summed E-state index contributed by atoms with van der Waals surface area (Å²) >= 11 is 1.50. The lowest BCUT2D eigenvalue weighted by molar-refractivity contribution is 0.0598. The molecule has 1 atom stereocenters. The van der Waals surface area contributed by atoms with Crippen LogP contribution in [0.3, 0.4) is 0 Å². The molecule has 0 radical (unpaired) electrons. The van der Waals surface area contributed by atoms with Gasteiger partial charge < -0.3 is 9.80 Å². The maximum absolute atomic E-state index is 12.8. The predicted octanol–water partition coefficient (Wildman–Crippen LogP) is 2.66. The molecule has 2 aliphatic heterocycles. The first-order valence-corrected chi connectivity index (χ1v) is 10.6. The number of piperidine rings is 1. The smallest absolute Gasteiger partial charge is 0.276 e. The van der Waals surface area contributed by atoms with Gasteiger partial charge in [-0.15, -0.1) is 16.4 Å². The largest absolute Gasteiger partial charge is 0.337 e. The quantitative estimate of drug-likeness (QED) is 0.791. The fraction of sp³-hybridized carbons (Fsp3) is 0.579. The highest BCUT2D eigenvalue weighted by Crippen LogP contribution is 2.24. The summed E-state index contributed by atoms with van der Waals surface area (Å²) in [5.41, 5.74) is 0.423. The van der Waals surface area contributed by atoms with Gasteiger partial charge in [0.15, 0.2) is 5.69 Å². The summed E-state index contributed by atoms with van der Waals surface area (Å²) in [7, 11) is 0. The second-order valence-electron chi connectivity index (χ2n) is 7.28. The van der Waals surface area contributed by atoms with E-state index in [9.17, 15) is 9.59 Å². The lowest BCUT2D eigenvalue weighted by atomic mass is 9.99. The molecule has 0 spiro atoms. The number of likely N-dealkylation sites (tertiary alicyclic amines) is 2. The maximum atomic E-state index is 12.8. The van der Waals surface area contributed by atoms with Gasteiger partial charge in [0.1, 0.15) is 0 Å². The maximum Gasteiger partial charge on any atom is 0.276 e. The Kier molecular flexibility index (Phi) is 5.52. The molecule has 8 heteroatoms. The molecule has 0 saturated carbocycles. The van der Waals surface area contributed by atoms with Gasteiger partial charge in [0.05, 0.1) is 11.1 Å². The average molecular weight is 388 g/mol. The molecule has 1 unspecified atom stereocenters. The Morgan fingerprint density at radius 1 is 1.11 bits per heavy atom. The molecule has 2 aliphatic rings. The molecular formula is C19H25N5O2S. The van der Waals surface area contributed by atoms with E-state index in [1.54, 1.807) is 10.9 Å². The highest BCUT2D eigenvalue weighted by atomic mass is 32.1. The zero-order valence-electron chi connectivity index (χ0n) is 15.4. The van der Waals surface area contributed by atoms with E-state index in [0.717, 1.165) is 63.0 Å². The average Bonchev–Trinajstić information content (AvgIpc) is 3.48. The lowest BCUT2D eigenvalue weighted by Gasteiger charge is -2.35. The Balaban J connectivity index is 1.37. The SMILES string of the molecule is O=C(c1cn(CCC2CCCCN2C(=O)c2cccs2)nn1)N1CCCC1. The fourth-order valence-corrected chi connectivity index (χ4v) is 4.66. The molecule has 2 fully saturated rings. The van der Waals surface area contributed by atoms with Gasteiger partial charge in [0.2, 0.25) is 0 Å². The lowest BCUT2D eigenvalue weighted by Crippen LogP contribution is -2.44. The second kappa shape index (κ2) is 8.21. The highest BCUT2D eigenvalue weighted by molar-refractivity contribution is 7.12. The minimum absolute atomic E-state index is 0.0223. The van der Waals surface area contributed by atoms with E-state index in [1.165, 1.54) is 11.3 Å². The van der Waals surface area contributed by atoms with Crippen molar-refractivity contribution in [3.05, 3.63) is 34.3 Å². The summed E-state index contributed by atoms with van der Waals surface area (Å²) in [4.78, 5) is 29.8. The van der Waals surface area contributed by atoms with E-state index in [2.05, 4.69) is 10.3 Å². The van der Waals surface area contributed by atoms with Gasteiger partial charge in [-0.2, -0.15) is 0 Å². The van der Waals surface area contributed by atoms with Crippen molar-refractivity contribution in [3.63, 3.8) is 0 Å². The number of aromatic nitrogens is 3. The third-order valence-corrected chi connectivity index (χ3v) is 6.32. The first-order valence-electron chi connectivity index (χ1n) is 9.76. The Hall–Kier alpha value is -2.22. The summed E-state index contributed by atoms with van der Waals surface area (Å²) < 4.78 is 1.74. The molecule has 4 rings (SSSR count). The van der Waals surface area contributed by atoms with Crippen molar-refractivity contribution in [1.29, 1.82) is 0 Å². The Morgan fingerprint density at radius 2 is 1.93 bits per heavy atom. The van der Waals surface area contributed by atoms with E-state index in [0.29, 0.717) is 12.2 Å². The number of aryl methyl sites for hydroxylation is 1. The summed E-state index contributed by atoms with van der Waals surface area (Å²) in [5, 5.41) is 10.1. The van der Waals surface area contributed by atoms with Crippen LogP contribution in [-0.2, 0) is 6.54 Å². The molecular weight excluding hydrogens is 362 g/mol. The summed E-state index contributed by atoms with van der Waals surface area (Å²) in [6, 6.07) is 4.03. The van der Waals surface area contributed by atoms with Crippen molar-refractivity contribution in [2.75, 3.05) is 19.6 Å². The number of rotatable bonds is 5. The molecule has 0 N–H and O–H groups in total. The summed E-state index contributed by atoms with van der Waals surface area (Å²) in [6.45, 7) is 3.11. The van der Waals surface area contributed by atoms with Gasteiger partial charge >= 0.3 is 0 Å². The van der Waals surface area contributed by atoms with E-state index < -0.39 is 0 Å². The Morgan fingerprint density at radius 3 is 2.70 bits per heavy atom. The number of carbonyl (C=O) groups excluding carboxylic acids is 2. The van der Waals surface area contributed by atoms with E-state index >= 15 is 0 Å². The van der Waals surface area contributed by atoms with E-state index in [1.807, 2.05) is 27.3 Å². The first kappa shape index (κ1) is 18.2. The first-order chi connectivity index (χ1) is 13.2.